The Morgan fingerprint density at radius 3 is 2.74 bits per heavy atom. The van der Waals surface area contributed by atoms with Crippen LogP contribution in [0.1, 0.15) is 36.5 Å². The third-order valence-electron chi connectivity index (χ3n) is 2.53. The highest BCUT2D eigenvalue weighted by Gasteiger charge is 2.20. The fraction of sp³-hybridized carbons (Fsp3) is 0.417. The van der Waals surface area contributed by atoms with Crippen LogP contribution >= 0.6 is 22.6 Å². The van der Waals surface area contributed by atoms with Gasteiger partial charge in [0.15, 0.2) is 0 Å². The number of halogens is 1. The molecule has 0 fully saturated rings. The third kappa shape index (κ3) is 4.66. The van der Waals surface area contributed by atoms with Gasteiger partial charge < -0.3 is 15.5 Å². The molecular weight excluding hydrogens is 363 g/mol. The number of aromatic hydroxyl groups is 1. The lowest BCUT2D eigenvalue weighted by Gasteiger charge is -2.14. The molecule has 1 rings (SSSR count). The molecular formula is C12H15IN2O4. The molecule has 0 unspecified atom stereocenters. The first-order chi connectivity index (χ1) is 8.95. The Bertz CT molecular complexity index is 479. The van der Waals surface area contributed by atoms with Gasteiger partial charge in [0.1, 0.15) is 15.5 Å². The fourth-order valence-corrected chi connectivity index (χ4v) is 1.76. The molecule has 1 heterocycles. The van der Waals surface area contributed by atoms with E-state index in [0.29, 0.717) is 16.5 Å². The fourth-order valence-electron chi connectivity index (χ4n) is 1.47. The van der Waals surface area contributed by atoms with E-state index in [2.05, 4.69) is 10.3 Å². The summed E-state index contributed by atoms with van der Waals surface area (Å²) in [4.78, 5) is 26.7. The van der Waals surface area contributed by atoms with Crippen LogP contribution in [0.25, 0.3) is 0 Å². The van der Waals surface area contributed by atoms with Gasteiger partial charge in [-0.1, -0.05) is 19.8 Å². The van der Waals surface area contributed by atoms with Crippen LogP contribution in [0.15, 0.2) is 12.3 Å². The molecule has 3 N–H and O–H groups in total. The molecule has 7 heteroatoms. The summed E-state index contributed by atoms with van der Waals surface area (Å²) in [5, 5.41) is 20.9. The first-order valence-electron chi connectivity index (χ1n) is 5.83. The van der Waals surface area contributed by atoms with Gasteiger partial charge >= 0.3 is 5.97 Å². The molecule has 1 aromatic heterocycles. The van der Waals surface area contributed by atoms with Crippen molar-refractivity contribution < 1.29 is 19.8 Å². The van der Waals surface area contributed by atoms with E-state index in [9.17, 15) is 14.7 Å². The monoisotopic (exact) mass is 378 g/mol. The SMILES string of the molecule is CCCC[C@@H](NC(=O)c1cnc(I)c(O)c1)C(=O)O. The van der Waals surface area contributed by atoms with E-state index in [1.54, 1.807) is 0 Å². The molecule has 19 heavy (non-hydrogen) atoms. The number of aliphatic carboxylic acids is 1. The highest BCUT2D eigenvalue weighted by Crippen LogP contribution is 2.17. The summed E-state index contributed by atoms with van der Waals surface area (Å²) in [5.74, 6) is -1.72. The standard InChI is InChI=1S/C12H15IN2O4/c1-2-3-4-8(12(18)19)15-11(17)7-5-9(16)10(13)14-6-7/h5-6,8,16H,2-4H2,1H3,(H,15,17)(H,18,19)/t8-/m1/s1. The van der Waals surface area contributed by atoms with Gasteiger partial charge in [0.05, 0.1) is 5.56 Å². The van der Waals surface area contributed by atoms with Gasteiger partial charge in [0, 0.05) is 6.20 Å². The van der Waals surface area contributed by atoms with Crippen LogP contribution in [0.2, 0.25) is 0 Å². The number of unbranched alkanes of at least 4 members (excludes halogenated alkanes) is 1. The highest BCUT2D eigenvalue weighted by molar-refractivity contribution is 14.1. The lowest BCUT2D eigenvalue weighted by Crippen LogP contribution is -2.40. The Labute approximate surface area is 124 Å². The number of aromatic nitrogens is 1. The zero-order valence-electron chi connectivity index (χ0n) is 10.4. The topological polar surface area (TPSA) is 99.5 Å². The Kier molecular flexibility index (Phi) is 6.00. The second kappa shape index (κ2) is 7.27. The van der Waals surface area contributed by atoms with Crippen molar-refractivity contribution in [1.82, 2.24) is 10.3 Å². The molecule has 0 aliphatic heterocycles. The molecule has 104 valence electrons. The molecule has 0 spiro atoms. The predicted molar refractivity (Wildman–Crippen MR) is 77.0 cm³/mol. The Hall–Kier alpha value is -1.38. The average molecular weight is 378 g/mol. The third-order valence-corrected chi connectivity index (χ3v) is 3.36. The summed E-state index contributed by atoms with van der Waals surface area (Å²) in [6.45, 7) is 1.95. The maximum Gasteiger partial charge on any atom is 0.326 e. The van der Waals surface area contributed by atoms with E-state index in [1.165, 1.54) is 12.3 Å². The number of carbonyl (C=O) groups excluding carboxylic acids is 1. The lowest BCUT2D eigenvalue weighted by molar-refractivity contribution is -0.139. The smallest absolute Gasteiger partial charge is 0.326 e. The lowest BCUT2D eigenvalue weighted by atomic mass is 10.1. The number of hydrogen-bond donors (Lipinski definition) is 3. The van der Waals surface area contributed by atoms with E-state index in [4.69, 9.17) is 5.11 Å². The average Bonchev–Trinajstić information content (AvgIpc) is 2.37. The number of rotatable bonds is 6. The van der Waals surface area contributed by atoms with Crippen molar-refractivity contribution in [2.24, 2.45) is 0 Å². The number of pyridine rings is 1. The van der Waals surface area contributed by atoms with Gasteiger partial charge in [0.25, 0.3) is 5.91 Å². The predicted octanol–water partition coefficient (Wildman–Crippen LogP) is 1.76. The van der Waals surface area contributed by atoms with Crippen molar-refractivity contribution in [3.8, 4) is 5.75 Å². The molecule has 1 amide bonds. The molecule has 1 atom stereocenters. The van der Waals surface area contributed by atoms with Crippen molar-refractivity contribution in [2.75, 3.05) is 0 Å². The number of nitrogens with one attached hydrogen (secondary N) is 1. The first-order valence-corrected chi connectivity index (χ1v) is 6.91. The molecule has 6 nitrogen and oxygen atoms in total. The molecule has 0 radical (unpaired) electrons. The Morgan fingerprint density at radius 1 is 1.53 bits per heavy atom. The summed E-state index contributed by atoms with van der Waals surface area (Å²) in [7, 11) is 0. The van der Waals surface area contributed by atoms with Crippen LogP contribution in [0.3, 0.4) is 0 Å². The van der Waals surface area contributed by atoms with Crippen LogP contribution < -0.4 is 5.32 Å². The number of amides is 1. The molecule has 1 aromatic rings. The van der Waals surface area contributed by atoms with Crippen molar-refractivity contribution in [1.29, 1.82) is 0 Å². The molecule has 0 aromatic carbocycles. The van der Waals surface area contributed by atoms with Crippen LogP contribution in [-0.4, -0.2) is 33.1 Å². The van der Waals surface area contributed by atoms with E-state index >= 15 is 0 Å². The number of nitrogens with zero attached hydrogens (tertiary/aromatic N) is 1. The Morgan fingerprint density at radius 2 is 2.21 bits per heavy atom. The molecule has 0 aliphatic carbocycles. The second-order valence-electron chi connectivity index (χ2n) is 4.04. The van der Waals surface area contributed by atoms with Gasteiger partial charge in [-0.3, -0.25) is 4.79 Å². The minimum atomic E-state index is -1.07. The van der Waals surface area contributed by atoms with Crippen LogP contribution in [0.5, 0.6) is 5.75 Å². The van der Waals surface area contributed by atoms with E-state index in [1.807, 2.05) is 29.5 Å². The van der Waals surface area contributed by atoms with Gasteiger partial charge in [0.2, 0.25) is 0 Å². The van der Waals surface area contributed by atoms with E-state index in [0.717, 1.165) is 6.42 Å². The highest BCUT2D eigenvalue weighted by atomic mass is 127. The van der Waals surface area contributed by atoms with Gasteiger partial charge in [-0.15, -0.1) is 0 Å². The summed E-state index contributed by atoms with van der Waals surface area (Å²) in [6.07, 6.45) is 3.25. The van der Waals surface area contributed by atoms with Crippen LogP contribution in [0.4, 0.5) is 0 Å². The quantitative estimate of drug-likeness (QED) is 0.518. The number of carboxylic acid groups (broad SMARTS) is 1. The van der Waals surface area contributed by atoms with Crippen molar-refractivity contribution in [2.45, 2.75) is 32.2 Å². The summed E-state index contributed by atoms with van der Waals surface area (Å²) in [5.41, 5.74) is 0.140. The molecule has 0 bridgehead atoms. The molecule has 0 saturated carbocycles. The minimum Gasteiger partial charge on any atom is -0.505 e. The maximum absolute atomic E-state index is 11.9. The number of hydrogen-bond acceptors (Lipinski definition) is 4. The van der Waals surface area contributed by atoms with Gasteiger partial charge in [-0.25, -0.2) is 9.78 Å². The second-order valence-corrected chi connectivity index (χ2v) is 5.06. The number of carbonyl (C=O) groups is 2. The summed E-state index contributed by atoms with van der Waals surface area (Å²) >= 11 is 1.83. The maximum atomic E-state index is 11.9. The molecule has 0 saturated heterocycles. The van der Waals surface area contributed by atoms with E-state index < -0.39 is 17.9 Å². The van der Waals surface area contributed by atoms with Crippen molar-refractivity contribution in [3.05, 3.63) is 21.5 Å². The molecule has 0 aliphatic rings. The van der Waals surface area contributed by atoms with Crippen LogP contribution in [0, 0.1) is 3.70 Å². The van der Waals surface area contributed by atoms with Crippen molar-refractivity contribution >= 4 is 34.5 Å². The first kappa shape index (κ1) is 15.7. The number of carboxylic acids is 1. The largest absolute Gasteiger partial charge is 0.505 e. The summed E-state index contributed by atoms with van der Waals surface area (Å²) < 4.78 is 0.384. The van der Waals surface area contributed by atoms with Gasteiger partial charge in [-0.05, 0) is 35.1 Å². The normalized spacial score (nSPS) is 11.9. The van der Waals surface area contributed by atoms with Gasteiger partial charge in [-0.2, -0.15) is 0 Å². The zero-order chi connectivity index (χ0) is 14.4. The van der Waals surface area contributed by atoms with Crippen LogP contribution in [-0.2, 0) is 4.79 Å². The van der Waals surface area contributed by atoms with E-state index in [-0.39, 0.29) is 11.3 Å². The van der Waals surface area contributed by atoms with Crippen molar-refractivity contribution in [3.63, 3.8) is 0 Å². The minimum absolute atomic E-state index is 0.103. The zero-order valence-corrected chi connectivity index (χ0v) is 12.5. The summed E-state index contributed by atoms with van der Waals surface area (Å²) in [6, 6.07) is 0.344. The Balaban J connectivity index is 2.75.